The fourth-order valence-corrected chi connectivity index (χ4v) is 2.86. The summed E-state index contributed by atoms with van der Waals surface area (Å²) in [5, 5.41) is 9.55. The zero-order valence-corrected chi connectivity index (χ0v) is 16.2. The molecule has 0 aliphatic heterocycles. The number of halogens is 1. The number of amides is 2. The summed E-state index contributed by atoms with van der Waals surface area (Å²) in [5.74, 6) is -0.698. The molecule has 26 heavy (non-hydrogen) atoms. The van der Waals surface area contributed by atoms with Crippen molar-refractivity contribution in [3.63, 3.8) is 0 Å². The summed E-state index contributed by atoms with van der Waals surface area (Å²) >= 11 is 3.41. The molecule has 0 atom stereocenters. The van der Waals surface area contributed by atoms with Gasteiger partial charge < -0.3 is 10.6 Å². The van der Waals surface area contributed by atoms with E-state index in [0.29, 0.717) is 16.9 Å². The Kier molecular flexibility index (Phi) is 5.03. The van der Waals surface area contributed by atoms with Gasteiger partial charge in [-0.25, -0.2) is 9.50 Å². The van der Waals surface area contributed by atoms with Crippen LogP contribution < -0.4 is 10.6 Å². The van der Waals surface area contributed by atoms with Gasteiger partial charge in [0.15, 0.2) is 5.65 Å². The number of hydrogen-bond acceptors (Lipinski definition) is 4. The number of anilines is 1. The van der Waals surface area contributed by atoms with E-state index in [0.717, 1.165) is 21.4 Å². The van der Waals surface area contributed by atoms with Crippen molar-refractivity contribution in [1.29, 1.82) is 0 Å². The first-order chi connectivity index (χ1) is 12.3. The van der Waals surface area contributed by atoms with Crippen LogP contribution in [0.1, 0.15) is 27.3 Å². The zero-order chi connectivity index (χ0) is 18.8. The van der Waals surface area contributed by atoms with E-state index in [9.17, 15) is 9.59 Å². The summed E-state index contributed by atoms with van der Waals surface area (Å²) in [6.07, 6.45) is 1.46. The van der Waals surface area contributed by atoms with Crippen LogP contribution in [0.4, 0.5) is 5.69 Å². The summed E-state index contributed by atoms with van der Waals surface area (Å²) in [5.41, 5.74) is 4.18. The van der Waals surface area contributed by atoms with Gasteiger partial charge in [0, 0.05) is 21.5 Å². The van der Waals surface area contributed by atoms with Crippen LogP contribution in [0.3, 0.4) is 0 Å². The maximum Gasteiger partial charge on any atom is 0.257 e. The second-order valence-corrected chi connectivity index (χ2v) is 6.88. The second kappa shape index (κ2) is 7.25. The lowest BCUT2D eigenvalue weighted by Crippen LogP contribution is -2.32. The van der Waals surface area contributed by atoms with E-state index in [2.05, 4.69) is 36.6 Å². The van der Waals surface area contributed by atoms with Gasteiger partial charge in [-0.3, -0.25) is 9.59 Å². The molecule has 2 heterocycles. The average Bonchev–Trinajstić information content (AvgIpc) is 3.00. The summed E-state index contributed by atoms with van der Waals surface area (Å²) < 4.78 is 2.57. The molecular formula is C18H18BrN5O2. The molecule has 0 saturated heterocycles. The molecule has 0 radical (unpaired) electrons. The summed E-state index contributed by atoms with van der Waals surface area (Å²) in [4.78, 5) is 28.9. The summed E-state index contributed by atoms with van der Waals surface area (Å²) in [7, 11) is 0. The number of hydrogen-bond donors (Lipinski definition) is 2. The largest absolute Gasteiger partial charge is 0.343 e. The highest BCUT2D eigenvalue weighted by Gasteiger charge is 2.16. The number of rotatable bonds is 4. The van der Waals surface area contributed by atoms with Gasteiger partial charge in [-0.15, -0.1) is 0 Å². The molecule has 134 valence electrons. The molecule has 2 aromatic heterocycles. The highest BCUT2D eigenvalue weighted by Crippen LogP contribution is 2.19. The Morgan fingerprint density at radius 3 is 2.69 bits per heavy atom. The topological polar surface area (TPSA) is 88.4 Å². The molecule has 0 fully saturated rings. The first-order valence-corrected chi connectivity index (χ1v) is 8.80. The Balaban J connectivity index is 1.67. The quantitative estimate of drug-likeness (QED) is 0.685. The smallest absolute Gasteiger partial charge is 0.257 e. The molecule has 8 heteroatoms. The molecule has 0 unspecified atom stereocenters. The van der Waals surface area contributed by atoms with Gasteiger partial charge in [-0.1, -0.05) is 15.9 Å². The average molecular weight is 416 g/mol. The van der Waals surface area contributed by atoms with E-state index < -0.39 is 0 Å². The van der Waals surface area contributed by atoms with Crippen molar-refractivity contribution >= 4 is 39.1 Å². The number of benzene rings is 1. The number of carbonyl (C=O) groups is 2. The van der Waals surface area contributed by atoms with E-state index >= 15 is 0 Å². The third-order valence-electron chi connectivity index (χ3n) is 3.87. The van der Waals surface area contributed by atoms with Crippen LogP contribution >= 0.6 is 15.9 Å². The van der Waals surface area contributed by atoms with Crippen molar-refractivity contribution in [1.82, 2.24) is 19.9 Å². The van der Waals surface area contributed by atoms with Crippen molar-refractivity contribution in [2.45, 2.75) is 20.8 Å². The Labute approximate surface area is 158 Å². The van der Waals surface area contributed by atoms with Crippen molar-refractivity contribution in [2.75, 3.05) is 11.9 Å². The van der Waals surface area contributed by atoms with Gasteiger partial charge in [-0.05, 0) is 50.6 Å². The SMILES string of the molecule is Cc1cc(C)n2ncc(C(=O)NCC(=O)Nc3ccc(Br)c(C)c3)c2n1. The van der Waals surface area contributed by atoms with E-state index in [-0.39, 0.29) is 18.4 Å². The third-order valence-corrected chi connectivity index (χ3v) is 4.76. The normalized spacial score (nSPS) is 10.8. The number of nitrogens with zero attached hydrogens (tertiary/aromatic N) is 3. The van der Waals surface area contributed by atoms with Gasteiger partial charge in [0.2, 0.25) is 5.91 Å². The monoisotopic (exact) mass is 415 g/mol. The minimum atomic E-state index is -0.389. The van der Waals surface area contributed by atoms with Crippen LogP contribution in [-0.2, 0) is 4.79 Å². The Bertz CT molecular complexity index is 1010. The standard InChI is InChI=1S/C18H18BrN5O2/c1-10-6-13(4-5-15(10)19)23-16(25)9-20-18(26)14-8-21-24-12(3)7-11(2)22-17(14)24/h4-8H,9H2,1-3H3,(H,20,26)(H,23,25). The van der Waals surface area contributed by atoms with Gasteiger partial charge >= 0.3 is 0 Å². The summed E-state index contributed by atoms with van der Waals surface area (Å²) in [6.45, 7) is 5.54. The van der Waals surface area contributed by atoms with E-state index in [1.54, 1.807) is 10.6 Å². The number of aryl methyl sites for hydroxylation is 3. The van der Waals surface area contributed by atoms with E-state index in [1.807, 2.05) is 39.0 Å². The van der Waals surface area contributed by atoms with Gasteiger partial charge in [0.25, 0.3) is 5.91 Å². The molecule has 0 bridgehead atoms. The molecule has 0 spiro atoms. The lowest BCUT2D eigenvalue weighted by molar-refractivity contribution is -0.115. The fourth-order valence-electron chi connectivity index (χ4n) is 2.61. The molecule has 3 aromatic rings. The van der Waals surface area contributed by atoms with E-state index in [1.165, 1.54) is 6.20 Å². The molecule has 1 aromatic carbocycles. The van der Waals surface area contributed by atoms with Gasteiger partial charge in [-0.2, -0.15) is 5.10 Å². The minimum Gasteiger partial charge on any atom is -0.343 e. The highest BCUT2D eigenvalue weighted by molar-refractivity contribution is 9.10. The molecule has 7 nitrogen and oxygen atoms in total. The van der Waals surface area contributed by atoms with Crippen LogP contribution in [0.25, 0.3) is 5.65 Å². The Hall–Kier alpha value is -2.74. The highest BCUT2D eigenvalue weighted by atomic mass is 79.9. The zero-order valence-electron chi connectivity index (χ0n) is 14.6. The Morgan fingerprint density at radius 1 is 1.19 bits per heavy atom. The predicted octanol–water partition coefficient (Wildman–Crippen LogP) is 2.79. The first-order valence-electron chi connectivity index (χ1n) is 8.01. The lowest BCUT2D eigenvalue weighted by atomic mass is 10.2. The molecule has 0 aliphatic carbocycles. The van der Waals surface area contributed by atoms with Crippen LogP contribution in [-0.4, -0.2) is 33.0 Å². The van der Waals surface area contributed by atoms with Gasteiger partial charge in [0.1, 0.15) is 5.56 Å². The lowest BCUT2D eigenvalue weighted by Gasteiger charge is -2.08. The number of fused-ring (bicyclic) bond motifs is 1. The van der Waals surface area contributed by atoms with Crippen LogP contribution in [0.2, 0.25) is 0 Å². The number of carbonyl (C=O) groups excluding carboxylic acids is 2. The van der Waals surface area contributed by atoms with Crippen LogP contribution in [0, 0.1) is 20.8 Å². The summed E-state index contributed by atoms with van der Waals surface area (Å²) in [6, 6.07) is 7.39. The number of nitrogens with one attached hydrogen (secondary N) is 2. The fraction of sp³-hybridized carbons (Fsp3) is 0.222. The van der Waals surface area contributed by atoms with E-state index in [4.69, 9.17) is 0 Å². The van der Waals surface area contributed by atoms with Crippen molar-refractivity contribution in [3.8, 4) is 0 Å². The van der Waals surface area contributed by atoms with Gasteiger partial charge in [0.05, 0.1) is 12.7 Å². The number of aromatic nitrogens is 3. The first kappa shape index (κ1) is 18.1. The molecule has 3 rings (SSSR count). The minimum absolute atomic E-state index is 0.143. The maximum atomic E-state index is 12.4. The molecule has 0 aliphatic rings. The maximum absolute atomic E-state index is 12.4. The molecule has 2 amide bonds. The van der Waals surface area contributed by atoms with Crippen LogP contribution in [0.5, 0.6) is 0 Å². The molecule has 2 N–H and O–H groups in total. The third kappa shape index (κ3) is 3.75. The Morgan fingerprint density at radius 2 is 1.96 bits per heavy atom. The van der Waals surface area contributed by atoms with Crippen molar-refractivity contribution in [2.24, 2.45) is 0 Å². The predicted molar refractivity (Wildman–Crippen MR) is 102 cm³/mol. The van der Waals surface area contributed by atoms with Crippen molar-refractivity contribution < 1.29 is 9.59 Å². The van der Waals surface area contributed by atoms with Crippen LogP contribution in [0.15, 0.2) is 34.9 Å². The molecule has 0 saturated carbocycles. The second-order valence-electron chi connectivity index (χ2n) is 6.03. The van der Waals surface area contributed by atoms with Crippen molar-refractivity contribution in [3.05, 3.63) is 57.4 Å². The molecular weight excluding hydrogens is 398 g/mol.